The molecule has 1 saturated heterocycles. The molecule has 1 heterocycles. The molecule has 3 rings (SSSR count). The number of aliphatic hydroxyl groups is 2. The average molecular weight is 452 g/mol. The predicted octanol–water partition coefficient (Wildman–Crippen LogP) is 2.76. The van der Waals surface area contributed by atoms with Gasteiger partial charge < -0.3 is 14.9 Å². The number of rotatable bonds is 5. The lowest BCUT2D eigenvalue weighted by molar-refractivity contribution is -0.0641. The molecular formula is C19H15ClFN3O5S. The van der Waals surface area contributed by atoms with Crippen molar-refractivity contribution in [3.05, 3.63) is 70.1 Å². The van der Waals surface area contributed by atoms with Gasteiger partial charge in [-0.3, -0.25) is 0 Å². The first-order valence-electron chi connectivity index (χ1n) is 8.48. The highest BCUT2D eigenvalue weighted by Crippen LogP contribution is 2.35. The summed E-state index contributed by atoms with van der Waals surface area (Å²) in [5, 5.41) is 20.6. The second-order valence-corrected chi connectivity index (χ2v) is 8.96. The SMILES string of the molecule is [C-]#[N+]c1ccc(O[C@H]2CN(S(=O)(=O)c3ccc(Cl)cc3[N+]#[C-])C[C@]2(O)CO)cc1F. The number of nitrogens with zero attached hydrogens (tertiary/aromatic N) is 3. The maximum absolute atomic E-state index is 13.9. The van der Waals surface area contributed by atoms with Crippen molar-refractivity contribution in [1.29, 1.82) is 0 Å². The highest BCUT2D eigenvalue weighted by molar-refractivity contribution is 7.89. The molecule has 0 unspecified atom stereocenters. The third-order valence-corrected chi connectivity index (χ3v) is 6.76. The van der Waals surface area contributed by atoms with Gasteiger partial charge in [-0.25, -0.2) is 22.5 Å². The highest BCUT2D eigenvalue weighted by atomic mass is 35.5. The number of aliphatic hydroxyl groups excluding tert-OH is 1. The predicted molar refractivity (Wildman–Crippen MR) is 106 cm³/mol. The Morgan fingerprint density at radius 1 is 1.23 bits per heavy atom. The quantitative estimate of drug-likeness (QED) is 0.681. The molecular weight excluding hydrogens is 437 g/mol. The maximum atomic E-state index is 13.9. The van der Waals surface area contributed by atoms with Gasteiger partial charge in [0.2, 0.25) is 21.4 Å². The van der Waals surface area contributed by atoms with Crippen molar-refractivity contribution >= 4 is 33.0 Å². The number of β-amino-alcohol motifs (C(OH)–C–C–N with tert-alkyl or cyclic N) is 1. The molecule has 156 valence electrons. The van der Waals surface area contributed by atoms with Gasteiger partial charge in [-0.05, 0) is 24.3 Å². The first kappa shape index (κ1) is 22.0. The fraction of sp³-hybridized carbons (Fsp3) is 0.263. The second kappa shape index (κ2) is 8.19. The minimum Gasteiger partial charge on any atom is -0.486 e. The summed E-state index contributed by atoms with van der Waals surface area (Å²) < 4.78 is 46.4. The molecule has 30 heavy (non-hydrogen) atoms. The molecule has 2 atom stereocenters. The Labute approximate surface area is 177 Å². The summed E-state index contributed by atoms with van der Waals surface area (Å²) in [6.45, 7) is 12.4. The van der Waals surface area contributed by atoms with E-state index in [1.54, 1.807) is 0 Å². The molecule has 2 N–H and O–H groups in total. The van der Waals surface area contributed by atoms with E-state index in [9.17, 15) is 23.0 Å². The Morgan fingerprint density at radius 3 is 2.53 bits per heavy atom. The first-order chi connectivity index (χ1) is 14.1. The molecule has 0 radical (unpaired) electrons. The molecule has 0 saturated carbocycles. The number of ether oxygens (including phenoxy) is 1. The van der Waals surface area contributed by atoms with Crippen LogP contribution in [0.15, 0.2) is 41.3 Å². The van der Waals surface area contributed by atoms with Gasteiger partial charge in [0.15, 0.2) is 0 Å². The molecule has 1 aliphatic rings. The van der Waals surface area contributed by atoms with Crippen LogP contribution in [0.3, 0.4) is 0 Å². The minimum atomic E-state index is -4.23. The van der Waals surface area contributed by atoms with Gasteiger partial charge in [-0.15, -0.1) is 0 Å². The normalized spacial score (nSPS) is 21.7. The van der Waals surface area contributed by atoms with Gasteiger partial charge in [0.05, 0.1) is 31.2 Å². The Hall–Kier alpha value is -2.73. The Kier molecular flexibility index (Phi) is 5.99. The number of benzene rings is 2. The fourth-order valence-electron chi connectivity index (χ4n) is 3.06. The molecule has 0 amide bonds. The molecule has 8 nitrogen and oxygen atoms in total. The fourth-order valence-corrected chi connectivity index (χ4v) is 4.84. The lowest BCUT2D eigenvalue weighted by Crippen LogP contribution is -2.48. The van der Waals surface area contributed by atoms with Crippen molar-refractivity contribution in [2.24, 2.45) is 0 Å². The minimum absolute atomic E-state index is 0.0376. The molecule has 0 aliphatic carbocycles. The van der Waals surface area contributed by atoms with Crippen molar-refractivity contribution in [2.45, 2.75) is 16.6 Å². The molecule has 1 fully saturated rings. The van der Waals surface area contributed by atoms with Gasteiger partial charge in [0.1, 0.15) is 23.3 Å². The van der Waals surface area contributed by atoms with E-state index in [4.69, 9.17) is 29.5 Å². The average Bonchev–Trinajstić information content (AvgIpc) is 3.05. The summed E-state index contributed by atoms with van der Waals surface area (Å²) in [5.74, 6) is -0.871. The Morgan fingerprint density at radius 2 is 1.93 bits per heavy atom. The molecule has 2 aromatic carbocycles. The number of halogens is 2. The van der Waals surface area contributed by atoms with Crippen molar-refractivity contribution in [1.82, 2.24) is 4.31 Å². The van der Waals surface area contributed by atoms with E-state index in [0.717, 1.165) is 10.4 Å². The Balaban J connectivity index is 1.92. The van der Waals surface area contributed by atoms with E-state index in [0.29, 0.717) is 0 Å². The molecule has 0 spiro atoms. The summed E-state index contributed by atoms with van der Waals surface area (Å²) in [6, 6.07) is 7.17. The van der Waals surface area contributed by atoms with Crippen molar-refractivity contribution in [3.8, 4) is 5.75 Å². The van der Waals surface area contributed by atoms with Crippen LogP contribution in [0.4, 0.5) is 15.8 Å². The standard InChI is InChI=1S/C19H15ClFN3O5S/c1-22-15-5-4-13(8-14(15)21)29-18-9-24(10-19(18,26)11-25)30(27,28)17-6-3-12(20)7-16(17)23-2/h3-8,18,25-26H,9-11H2/t18-,19-/m0/s1. The maximum Gasteiger partial charge on any atom is 0.233 e. The van der Waals surface area contributed by atoms with Crippen LogP contribution in [0.5, 0.6) is 5.75 Å². The summed E-state index contributed by atoms with van der Waals surface area (Å²) in [7, 11) is -4.23. The molecule has 2 aromatic rings. The van der Waals surface area contributed by atoms with Crippen molar-refractivity contribution in [2.75, 3.05) is 19.7 Å². The topological polar surface area (TPSA) is 95.8 Å². The van der Waals surface area contributed by atoms with Crippen LogP contribution in [0.2, 0.25) is 5.02 Å². The van der Waals surface area contributed by atoms with E-state index in [-0.39, 0.29) is 33.6 Å². The van der Waals surface area contributed by atoms with Crippen molar-refractivity contribution < 1.29 is 27.8 Å². The van der Waals surface area contributed by atoms with E-state index >= 15 is 0 Å². The lowest BCUT2D eigenvalue weighted by atomic mass is 10.0. The van der Waals surface area contributed by atoms with Crippen LogP contribution in [0.25, 0.3) is 9.69 Å². The Bertz CT molecular complexity index is 1180. The molecule has 0 aromatic heterocycles. The van der Waals surface area contributed by atoms with E-state index in [1.165, 1.54) is 30.3 Å². The van der Waals surface area contributed by atoms with E-state index < -0.39 is 40.7 Å². The third-order valence-electron chi connectivity index (χ3n) is 4.67. The first-order valence-corrected chi connectivity index (χ1v) is 10.3. The zero-order valence-electron chi connectivity index (χ0n) is 15.3. The van der Waals surface area contributed by atoms with E-state index in [2.05, 4.69) is 9.69 Å². The van der Waals surface area contributed by atoms with Gasteiger partial charge in [0, 0.05) is 17.6 Å². The van der Waals surface area contributed by atoms with Crippen LogP contribution in [0, 0.1) is 19.0 Å². The zero-order valence-corrected chi connectivity index (χ0v) is 16.9. The molecule has 11 heteroatoms. The van der Waals surface area contributed by atoms with E-state index in [1.807, 2.05) is 0 Å². The molecule has 0 bridgehead atoms. The smallest absolute Gasteiger partial charge is 0.233 e. The number of hydrogen-bond donors (Lipinski definition) is 2. The summed E-state index contributed by atoms with van der Waals surface area (Å²) >= 11 is 5.83. The summed E-state index contributed by atoms with van der Waals surface area (Å²) in [6.07, 6.45) is -1.22. The summed E-state index contributed by atoms with van der Waals surface area (Å²) in [5.41, 5.74) is -2.37. The van der Waals surface area contributed by atoms with Gasteiger partial charge >= 0.3 is 0 Å². The lowest BCUT2D eigenvalue weighted by Gasteiger charge is -2.27. The largest absolute Gasteiger partial charge is 0.486 e. The van der Waals surface area contributed by atoms with Gasteiger partial charge in [-0.2, -0.15) is 4.31 Å². The highest BCUT2D eigenvalue weighted by Gasteiger charge is 2.51. The van der Waals surface area contributed by atoms with Crippen LogP contribution >= 0.6 is 11.6 Å². The second-order valence-electron chi connectivity index (χ2n) is 6.61. The van der Waals surface area contributed by atoms with Gasteiger partial charge in [0.25, 0.3) is 0 Å². The van der Waals surface area contributed by atoms with Crippen LogP contribution in [-0.2, 0) is 10.0 Å². The molecule has 1 aliphatic heterocycles. The zero-order chi connectivity index (χ0) is 22.1. The van der Waals surface area contributed by atoms with Crippen LogP contribution < -0.4 is 4.74 Å². The van der Waals surface area contributed by atoms with Crippen LogP contribution in [0.1, 0.15) is 0 Å². The van der Waals surface area contributed by atoms with Crippen LogP contribution in [-0.4, -0.2) is 54.3 Å². The van der Waals surface area contributed by atoms with Gasteiger partial charge in [-0.1, -0.05) is 17.7 Å². The third kappa shape index (κ3) is 3.97. The number of sulfonamides is 1. The van der Waals surface area contributed by atoms with Crippen molar-refractivity contribution in [3.63, 3.8) is 0 Å². The summed E-state index contributed by atoms with van der Waals surface area (Å²) in [4.78, 5) is 5.89. The number of hydrogen-bond acceptors (Lipinski definition) is 5. The monoisotopic (exact) mass is 451 g/mol.